The second kappa shape index (κ2) is 3.81. The van der Waals surface area contributed by atoms with Crippen LogP contribution in [0.5, 0.6) is 0 Å². The van der Waals surface area contributed by atoms with Gasteiger partial charge < -0.3 is 10.2 Å². The maximum atomic E-state index is 3.19. The lowest BCUT2D eigenvalue weighted by atomic mass is 10.1. The van der Waals surface area contributed by atoms with E-state index in [-0.39, 0.29) is 0 Å². The normalized spacial score (nSPS) is 10.3. The molecule has 0 spiro atoms. The molecule has 2 aromatic carbocycles. The lowest BCUT2D eigenvalue weighted by molar-refractivity contribution is 1.14. The molecule has 2 heteroatoms. The molecule has 0 aliphatic heterocycles. The summed E-state index contributed by atoms with van der Waals surface area (Å²) in [6.07, 6.45) is 0. The van der Waals surface area contributed by atoms with Crippen molar-refractivity contribution in [3.8, 4) is 0 Å². The zero-order valence-corrected chi connectivity index (χ0v) is 9.41. The van der Waals surface area contributed by atoms with Gasteiger partial charge in [-0.2, -0.15) is 0 Å². The Balaban J connectivity index is 2.74. The number of fused-ring (bicyclic) bond motifs is 1. The Morgan fingerprint density at radius 1 is 1.07 bits per heavy atom. The van der Waals surface area contributed by atoms with E-state index >= 15 is 0 Å². The van der Waals surface area contributed by atoms with Gasteiger partial charge in [0.1, 0.15) is 0 Å². The maximum absolute atomic E-state index is 3.19. The Morgan fingerprint density at radius 2 is 1.80 bits per heavy atom. The first-order chi connectivity index (χ1) is 7.22. The van der Waals surface area contributed by atoms with Crippen LogP contribution in [0.1, 0.15) is 0 Å². The van der Waals surface area contributed by atoms with Gasteiger partial charge in [0, 0.05) is 37.9 Å². The predicted molar refractivity (Wildman–Crippen MR) is 67.8 cm³/mol. The van der Waals surface area contributed by atoms with Crippen LogP contribution >= 0.6 is 0 Å². The number of rotatable bonds is 2. The van der Waals surface area contributed by atoms with E-state index < -0.39 is 0 Å². The first-order valence-electron chi connectivity index (χ1n) is 5.10. The van der Waals surface area contributed by atoms with Crippen molar-refractivity contribution in [3.05, 3.63) is 36.4 Å². The van der Waals surface area contributed by atoms with Crippen LogP contribution < -0.4 is 10.2 Å². The SMILES string of the molecule is CNc1cc(N(C)C)c2ccccc2c1. The molecule has 0 saturated heterocycles. The molecule has 78 valence electrons. The maximum Gasteiger partial charge on any atom is 0.0461 e. The van der Waals surface area contributed by atoms with Crippen LogP contribution in [0.15, 0.2) is 36.4 Å². The van der Waals surface area contributed by atoms with Crippen molar-refractivity contribution in [3.63, 3.8) is 0 Å². The smallest absolute Gasteiger partial charge is 0.0461 e. The molecule has 0 bridgehead atoms. The van der Waals surface area contributed by atoms with Crippen molar-refractivity contribution in [1.82, 2.24) is 0 Å². The Bertz CT molecular complexity index is 475. The van der Waals surface area contributed by atoms with E-state index in [1.165, 1.54) is 16.5 Å². The van der Waals surface area contributed by atoms with Crippen LogP contribution in [-0.4, -0.2) is 21.1 Å². The van der Waals surface area contributed by atoms with E-state index in [1.54, 1.807) is 0 Å². The summed E-state index contributed by atoms with van der Waals surface area (Å²) in [5, 5.41) is 5.75. The Hall–Kier alpha value is -1.70. The lowest BCUT2D eigenvalue weighted by Gasteiger charge is -2.17. The fourth-order valence-corrected chi connectivity index (χ4v) is 1.80. The highest BCUT2D eigenvalue weighted by Gasteiger charge is 2.04. The molecule has 2 nitrogen and oxygen atoms in total. The number of hydrogen-bond acceptors (Lipinski definition) is 2. The summed E-state index contributed by atoms with van der Waals surface area (Å²) in [6.45, 7) is 0. The summed E-state index contributed by atoms with van der Waals surface area (Å²) in [4.78, 5) is 2.14. The molecule has 1 N–H and O–H groups in total. The average molecular weight is 200 g/mol. The second-order valence-corrected chi connectivity index (χ2v) is 3.86. The molecule has 0 aliphatic carbocycles. The van der Waals surface area contributed by atoms with Crippen LogP contribution in [0.4, 0.5) is 11.4 Å². The third-order valence-corrected chi connectivity index (χ3v) is 2.61. The van der Waals surface area contributed by atoms with Crippen molar-refractivity contribution in [1.29, 1.82) is 0 Å². The number of hydrogen-bond donors (Lipinski definition) is 1. The summed E-state index contributed by atoms with van der Waals surface area (Å²) >= 11 is 0. The van der Waals surface area contributed by atoms with Crippen molar-refractivity contribution in [2.45, 2.75) is 0 Å². The summed E-state index contributed by atoms with van der Waals surface area (Å²) in [7, 11) is 6.09. The molecule has 15 heavy (non-hydrogen) atoms. The molecule has 0 atom stereocenters. The van der Waals surface area contributed by atoms with Gasteiger partial charge in [0.2, 0.25) is 0 Å². The minimum atomic E-state index is 1.15. The fraction of sp³-hybridized carbons (Fsp3) is 0.231. The molecular weight excluding hydrogens is 184 g/mol. The highest BCUT2D eigenvalue weighted by Crippen LogP contribution is 2.29. The van der Waals surface area contributed by atoms with Crippen LogP contribution in [-0.2, 0) is 0 Å². The standard InChI is InChI=1S/C13H16N2/c1-14-11-8-10-6-4-5-7-12(10)13(9-11)15(2)3/h4-9,14H,1-3H3. The fourth-order valence-electron chi connectivity index (χ4n) is 1.80. The van der Waals surface area contributed by atoms with Crippen molar-refractivity contribution in [2.24, 2.45) is 0 Å². The molecule has 2 rings (SSSR count). The predicted octanol–water partition coefficient (Wildman–Crippen LogP) is 2.95. The van der Waals surface area contributed by atoms with Crippen LogP contribution in [0.2, 0.25) is 0 Å². The van der Waals surface area contributed by atoms with Gasteiger partial charge in [-0.1, -0.05) is 24.3 Å². The van der Waals surface area contributed by atoms with E-state index in [2.05, 4.69) is 60.7 Å². The van der Waals surface area contributed by atoms with Gasteiger partial charge in [0.15, 0.2) is 0 Å². The molecule has 0 heterocycles. The second-order valence-electron chi connectivity index (χ2n) is 3.86. The molecule has 0 fully saturated rings. The van der Waals surface area contributed by atoms with E-state index in [0.29, 0.717) is 0 Å². The molecule has 0 unspecified atom stereocenters. The van der Waals surface area contributed by atoms with E-state index in [1.807, 2.05) is 7.05 Å². The van der Waals surface area contributed by atoms with Gasteiger partial charge in [-0.15, -0.1) is 0 Å². The van der Waals surface area contributed by atoms with Gasteiger partial charge in [0.05, 0.1) is 0 Å². The summed E-state index contributed by atoms with van der Waals surface area (Å²) in [5.74, 6) is 0. The first-order valence-corrected chi connectivity index (χ1v) is 5.10. The third-order valence-electron chi connectivity index (χ3n) is 2.61. The quantitative estimate of drug-likeness (QED) is 0.801. The molecule has 0 radical (unpaired) electrons. The highest BCUT2D eigenvalue weighted by atomic mass is 15.1. The molecular formula is C13H16N2. The third kappa shape index (κ3) is 1.75. The van der Waals surface area contributed by atoms with E-state index in [9.17, 15) is 0 Å². The number of anilines is 2. The number of benzene rings is 2. The van der Waals surface area contributed by atoms with Crippen molar-refractivity contribution >= 4 is 22.1 Å². The highest BCUT2D eigenvalue weighted by molar-refractivity contribution is 5.97. The molecule has 0 aliphatic rings. The van der Waals surface area contributed by atoms with Crippen LogP contribution in [0.3, 0.4) is 0 Å². The minimum Gasteiger partial charge on any atom is -0.388 e. The largest absolute Gasteiger partial charge is 0.388 e. The Labute approximate surface area is 90.5 Å². The lowest BCUT2D eigenvalue weighted by Crippen LogP contribution is -2.09. The Morgan fingerprint density at radius 3 is 2.47 bits per heavy atom. The van der Waals surface area contributed by atoms with Gasteiger partial charge in [-0.05, 0) is 17.5 Å². The summed E-state index contributed by atoms with van der Waals surface area (Å²) in [6, 6.07) is 12.8. The zero-order valence-electron chi connectivity index (χ0n) is 9.41. The summed E-state index contributed by atoms with van der Waals surface area (Å²) < 4.78 is 0. The number of nitrogens with one attached hydrogen (secondary N) is 1. The molecule has 0 saturated carbocycles. The van der Waals surface area contributed by atoms with E-state index in [0.717, 1.165) is 5.69 Å². The molecule has 0 aromatic heterocycles. The Kier molecular flexibility index (Phi) is 2.50. The van der Waals surface area contributed by atoms with Crippen LogP contribution in [0, 0.1) is 0 Å². The zero-order chi connectivity index (χ0) is 10.8. The average Bonchev–Trinajstić information content (AvgIpc) is 2.27. The van der Waals surface area contributed by atoms with Gasteiger partial charge in [0.25, 0.3) is 0 Å². The van der Waals surface area contributed by atoms with Gasteiger partial charge in [-0.3, -0.25) is 0 Å². The molecule has 2 aromatic rings. The van der Waals surface area contributed by atoms with Gasteiger partial charge >= 0.3 is 0 Å². The minimum absolute atomic E-state index is 1.15. The summed E-state index contributed by atoms with van der Waals surface area (Å²) in [5.41, 5.74) is 2.40. The van der Waals surface area contributed by atoms with Crippen LogP contribution in [0.25, 0.3) is 10.8 Å². The van der Waals surface area contributed by atoms with Crippen molar-refractivity contribution < 1.29 is 0 Å². The topological polar surface area (TPSA) is 15.3 Å². The van der Waals surface area contributed by atoms with E-state index in [4.69, 9.17) is 0 Å². The van der Waals surface area contributed by atoms with Crippen molar-refractivity contribution in [2.75, 3.05) is 31.4 Å². The monoisotopic (exact) mass is 200 g/mol. The number of nitrogens with zero attached hydrogens (tertiary/aromatic N) is 1. The first kappa shape index (κ1) is 9.84. The van der Waals surface area contributed by atoms with Gasteiger partial charge in [-0.25, -0.2) is 0 Å². The molecule has 0 amide bonds.